The lowest BCUT2D eigenvalue weighted by Crippen LogP contribution is -2.51. The third-order valence-corrected chi connectivity index (χ3v) is 3.62. The van der Waals surface area contributed by atoms with Crippen LogP contribution < -0.4 is 10.6 Å². The molecule has 23 heavy (non-hydrogen) atoms. The Bertz CT molecular complexity index is 399. The van der Waals surface area contributed by atoms with Crippen molar-refractivity contribution in [2.24, 2.45) is 0 Å². The van der Waals surface area contributed by atoms with Crippen LogP contribution in [0.15, 0.2) is 0 Å². The van der Waals surface area contributed by atoms with Gasteiger partial charge in [-0.15, -0.1) is 0 Å². The first-order valence-corrected chi connectivity index (χ1v) is 8.27. The number of rotatable bonds is 4. The van der Waals surface area contributed by atoms with Gasteiger partial charge in [0.1, 0.15) is 5.60 Å². The molecule has 1 saturated heterocycles. The van der Waals surface area contributed by atoms with E-state index in [2.05, 4.69) is 10.6 Å². The minimum atomic E-state index is -0.480. The summed E-state index contributed by atoms with van der Waals surface area (Å²) in [5, 5.41) is 6.28. The maximum atomic E-state index is 11.9. The Kier molecular flexibility index (Phi) is 7.12. The number of ether oxygens (including phenoxy) is 1. The number of nitrogens with zero attached hydrogens (tertiary/aromatic N) is 2. The summed E-state index contributed by atoms with van der Waals surface area (Å²) < 4.78 is 5.21. The molecule has 0 saturated carbocycles. The molecule has 1 atom stereocenters. The van der Waals surface area contributed by atoms with Gasteiger partial charge < -0.3 is 25.2 Å². The molecule has 0 aromatic carbocycles. The Labute approximate surface area is 139 Å². The van der Waals surface area contributed by atoms with E-state index >= 15 is 0 Å². The number of alkyl carbamates (subject to hydrolysis) is 1. The normalized spacial score (nSPS) is 17.6. The van der Waals surface area contributed by atoms with Gasteiger partial charge in [-0.3, -0.25) is 0 Å². The summed E-state index contributed by atoms with van der Waals surface area (Å²) >= 11 is 0. The molecular weight excluding hydrogens is 296 g/mol. The predicted octanol–water partition coefficient (Wildman–Crippen LogP) is 1.64. The zero-order chi connectivity index (χ0) is 17.6. The van der Waals surface area contributed by atoms with E-state index in [1.165, 1.54) is 0 Å². The van der Waals surface area contributed by atoms with Crippen molar-refractivity contribution in [2.75, 3.05) is 33.7 Å². The molecule has 0 aromatic rings. The van der Waals surface area contributed by atoms with Crippen molar-refractivity contribution in [1.29, 1.82) is 0 Å². The lowest BCUT2D eigenvalue weighted by molar-refractivity contribution is 0.0521. The number of hydrogen-bond acceptors (Lipinski definition) is 4. The van der Waals surface area contributed by atoms with Gasteiger partial charge in [-0.1, -0.05) is 0 Å². The Balaban J connectivity index is 2.25. The van der Waals surface area contributed by atoms with Gasteiger partial charge in [0.2, 0.25) is 0 Å². The van der Waals surface area contributed by atoms with Gasteiger partial charge >= 0.3 is 12.1 Å². The molecule has 1 rings (SSSR count). The molecule has 3 amide bonds. The van der Waals surface area contributed by atoms with Gasteiger partial charge in [0, 0.05) is 45.8 Å². The predicted molar refractivity (Wildman–Crippen MR) is 90.5 cm³/mol. The number of carbonyl (C=O) groups excluding carboxylic acids is 2. The number of carbonyl (C=O) groups is 2. The van der Waals surface area contributed by atoms with Gasteiger partial charge in [0.25, 0.3) is 0 Å². The standard InChI is InChI=1S/C16H32N4O3/c1-12(11-17-14(21)23-16(2,3)4)18-13-7-9-20(10-8-13)15(22)19(5)6/h12-13,18H,7-11H2,1-6H3,(H,17,21). The number of amides is 3. The highest BCUT2D eigenvalue weighted by Crippen LogP contribution is 2.12. The number of hydrogen-bond donors (Lipinski definition) is 2. The average Bonchev–Trinajstić information content (AvgIpc) is 2.43. The van der Waals surface area contributed by atoms with Crippen LogP contribution in [0.25, 0.3) is 0 Å². The highest BCUT2D eigenvalue weighted by atomic mass is 16.6. The minimum absolute atomic E-state index is 0.0723. The molecule has 0 radical (unpaired) electrons. The monoisotopic (exact) mass is 328 g/mol. The van der Waals surface area contributed by atoms with E-state index in [1.807, 2.05) is 32.6 Å². The Morgan fingerprint density at radius 3 is 2.30 bits per heavy atom. The van der Waals surface area contributed by atoms with Crippen LogP contribution in [-0.4, -0.2) is 73.3 Å². The largest absolute Gasteiger partial charge is 0.444 e. The van der Waals surface area contributed by atoms with Crippen LogP contribution in [0.1, 0.15) is 40.5 Å². The van der Waals surface area contributed by atoms with Gasteiger partial charge in [-0.25, -0.2) is 9.59 Å². The summed E-state index contributed by atoms with van der Waals surface area (Å²) in [6, 6.07) is 0.600. The quantitative estimate of drug-likeness (QED) is 0.823. The molecule has 7 nitrogen and oxygen atoms in total. The molecule has 0 aliphatic carbocycles. The summed E-state index contributed by atoms with van der Waals surface area (Å²) in [5.74, 6) is 0. The lowest BCUT2D eigenvalue weighted by atomic mass is 10.0. The SMILES string of the molecule is CC(CNC(=O)OC(C)(C)C)NC1CCN(C(=O)N(C)C)CC1. The first-order valence-electron chi connectivity index (χ1n) is 8.27. The van der Waals surface area contributed by atoms with Crippen molar-refractivity contribution in [3.63, 3.8) is 0 Å². The molecule has 1 fully saturated rings. The molecule has 1 aliphatic heterocycles. The van der Waals surface area contributed by atoms with Crippen molar-refractivity contribution in [2.45, 2.75) is 58.2 Å². The maximum Gasteiger partial charge on any atom is 0.407 e. The molecule has 0 spiro atoms. The zero-order valence-corrected chi connectivity index (χ0v) is 15.3. The van der Waals surface area contributed by atoms with Gasteiger partial charge in [-0.2, -0.15) is 0 Å². The third kappa shape index (κ3) is 7.54. The number of nitrogens with one attached hydrogen (secondary N) is 2. The van der Waals surface area contributed by atoms with Crippen LogP contribution in [0, 0.1) is 0 Å². The van der Waals surface area contributed by atoms with E-state index in [4.69, 9.17) is 4.74 Å². The second-order valence-corrected chi connectivity index (χ2v) is 7.39. The van der Waals surface area contributed by atoms with E-state index in [1.54, 1.807) is 19.0 Å². The van der Waals surface area contributed by atoms with Crippen LogP contribution in [0.4, 0.5) is 9.59 Å². The van der Waals surface area contributed by atoms with E-state index in [-0.39, 0.29) is 12.1 Å². The third-order valence-electron chi connectivity index (χ3n) is 3.62. The molecule has 1 unspecified atom stereocenters. The molecule has 1 heterocycles. The van der Waals surface area contributed by atoms with Crippen LogP contribution in [-0.2, 0) is 4.74 Å². The topological polar surface area (TPSA) is 73.9 Å². The molecule has 0 bridgehead atoms. The highest BCUT2D eigenvalue weighted by molar-refractivity contribution is 5.73. The van der Waals surface area contributed by atoms with Gasteiger partial charge in [0.05, 0.1) is 0 Å². The average molecular weight is 328 g/mol. The molecular formula is C16H32N4O3. The number of urea groups is 1. The summed E-state index contributed by atoms with van der Waals surface area (Å²) in [7, 11) is 3.55. The van der Waals surface area contributed by atoms with Crippen LogP contribution in [0.5, 0.6) is 0 Å². The van der Waals surface area contributed by atoms with E-state index < -0.39 is 11.7 Å². The molecule has 134 valence electrons. The molecule has 7 heteroatoms. The molecule has 1 aliphatic rings. The summed E-state index contributed by atoms with van der Waals surface area (Å²) in [6.07, 6.45) is 1.46. The second kappa shape index (κ2) is 8.38. The first kappa shape index (κ1) is 19.5. The van der Waals surface area contributed by atoms with Crippen molar-refractivity contribution in [1.82, 2.24) is 20.4 Å². The molecule has 0 aromatic heterocycles. The van der Waals surface area contributed by atoms with Crippen molar-refractivity contribution in [3.05, 3.63) is 0 Å². The first-order chi connectivity index (χ1) is 10.6. The van der Waals surface area contributed by atoms with Gasteiger partial charge in [0.15, 0.2) is 0 Å². The van der Waals surface area contributed by atoms with Crippen LogP contribution >= 0.6 is 0 Å². The van der Waals surface area contributed by atoms with Gasteiger partial charge in [-0.05, 0) is 40.5 Å². The minimum Gasteiger partial charge on any atom is -0.444 e. The Morgan fingerprint density at radius 1 is 1.26 bits per heavy atom. The van der Waals surface area contributed by atoms with Crippen LogP contribution in [0.3, 0.4) is 0 Å². The summed E-state index contributed by atoms with van der Waals surface area (Å²) in [6.45, 7) is 9.62. The van der Waals surface area contributed by atoms with E-state index in [9.17, 15) is 9.59 Å². The smallest absolute Gasteiger partial charge is 0.407 e. The van der Waals surface area contributed by atoms with Crippen molar-refractivity contribution >= 4 is 12.1 Å². The summed E-state index contributed by atoms with van der Waals surface area (Å²) in [5.41, 5.74) is -0.480. The Hall–Kier alpha value is -1.50. The van der Waals surface area contributed by atoms with Crippen molar-refractivity contribution < 1.29 is 14.3 Å². The lowest BCUT2D eigenvalue weighted by Gasteiger charge is -2.35. The summed E-state index contributed by atoms with van der Waals surface area (Å²) in [4.78, 5) is 27.0. The fourth-order valence-corrected chi connectivity index (χ4v) is 2.53. The highest BCUT2D eigenvalue weighted by Gasteiger charge is 2.24. The number of piperidine rings is 1. The van der Waals surface area contributed by atoms with E-state index in [0.717, 1.165) is 25.9 Å². The zero-order valence-electron chi connectivity index (χ0n) is 15.3. The van der Waals surface area contributed by atoms with Crippen LogP contribution in [0.2, 0.25) is 0 Å². The molecule has 2 N–H and O–H groups in total. The van der Waals surface area contributed by atoms with Crippen molar-refractivity contribution in [3.8, 4) is 0 Å². The Morgan fingerprint density at radius 2 is 1.83 bits per heavy atom. The fraction of sp³-hybridized carbons (Fsp3) is 0.875. The maximum absolute atomic E-state index is 11.9. The van der Waals surface area contributed by atoms with E-state index in [0.29, 0.717) is 12.6 Å². The fourth-order valence-electron chi connectivity index (χ4n) is 2.53. The second-order valence-electron chi connectivity index (χ2n) is 7.39. The number of likely N-dealkylation sites (tertiary alicyclic amines) is 1.